The molecule has 2 heterocycles. The summed E-state index contributed by atoms with van der Waals surface area (Å²) in [5, 5.41) is 0.409. The van der Waals surface area contributed by atoms with Gasteiger partial charge in [0, 0.05) is 32.7 Å². The summed E-state index contributed by atoms with van der Waals surface area (Å²) in [4.78, 5) is 33.3. The number of oxazole rings is 1. The van der Waals surface area contributed by atoms with Crippen LogP contribution < -0.4 is 0 Å². The minimum atomic E-state index is -0.808. The van der Waals surface area contributed by atoms with Crippen LogP contribution in [0.15, 0.2) is 64.2 Å². The first-order chi connectivity index (χ1) is 15.1. The Morgan fingerprint density at radius 3 is 2.52 bits per heavy atom. The summed E-state index contributed by atoms with van der Waals surface area (Å²) < 4.78 is 10.9. The normalized spacial score (nSPS) is 15.7. The van der Waals surface area contributed by atoms with Crippen molar-refractivity contribution in [3.05, 3.63) is 60.2 Å². The van der Waals surface area contributed by atoms with Crippen LogP contribution in [0.2, 0.25) is 0 Å². The first-order valence-electron chi connectivity index (χ1n) is 10.3. The van der Waals surface area contributed by atoms with Gasteiger partial charge in [0.1, 0.15) is 11.3 Å². The second kappa shape index (κ2) is 9.98. The van der Waals surface area contributed by atoms with Gasteiger partial charge < -0.3 is 14.1 Å². The van der Waals surface area contributed by atoms with E-state index in [1.807, 2.05) is 42.5 Å². The van der Waals surface area contributed by atoms with Crippen molar-refractivity contribution in [3.8, 4) is 0 Å². The highest BCUT2D eigenvalue weighted by Gasteiger charge is 2.27. The molecule has 1 amide bonds. The molecule has 0 saturated carbocycles. The lowest BCUT2D eigenvalue weighted by Gasteiger charge is -2.35. The smallest absolute Gasteiger partial charge is 0.317 e. The van der Waals surface area contributed by atoms with Crippen molar-refractivity contribution in [2.45, 2.75) is 24.8 Å². The number of fused-ring (bicyclic) bond motifs is 1. The van der Waals surface area contributed by atoms with E-state index in [0.29, 0.717) is 23.9 Å². The molecule has 0 bridgehead atoms. The largest absolute Gasteiger partial charge is 0.452 e. The van der Waals surface area contributed by atoms with Crippen LogP contribution in [-0.4, -0.2) is 64.7 Å². The fourth-order valence-electron chi connectivity index (χ4n) is 3.54. The number of esters is 1. The Labute approximate surface area is 185 Å². The van der Waals surface area contributed by atoms with Gasteiger partial charge in [0.2, 0.25) is 0 Å². The SMILES string of the molecule is CC(OC(=O)CSc1nc2ccccc2o1)C(=O)N1CCN(Cc2ccccc2)CC1. The third kappa shape index (κ3) is 5.65. The van der Waals surface area contributed by atoms with E-state index in [1.54, 1.807) is 11.8 Å². The van der Waals surface area contributed by atoms with Gasteiger partial charge in [0.25, 0.3) is 11.1 Å². The van der Waals surface area contributed by atoms with Gasteiger partial charge in [-0.2, -0.15) is 0 Å². The van der Waals surface area contributed by atoms with Gasteiger partial charge in [-0.15, -0.1) is 0 Å². The van der Waals surface area contributed by atoms with Crippen LogP contribution in [0, 0.1) is 0 Å². The highest BCUT2D eigenvalue weighted by Crippen LogP contribution is 2.23. The van der Waals surface area contributed by atoms with E-state index in [2.05, 4.69) is 22.0 Å². The lowest BCUT2D eigenvalue weighted by molar-refractivity contribution is -0.157. The molecule has 1 aliphatic heterocycles. The second-order valence-electron chi connectivity index (χ2n) is 7.46. The van der Waals surface area contributed by atoms with E-state index >= 15 is 0 Å². The van der Waals surface area contributed by atoms with E-state index in [0.717, 1.165) is 36.9 Å². The van der Waals surface area contributed by atoms with Gasteiger partial charge in [0.05, 0.1) is 0 Å². The van der Waals surface area contributed by atoms with Gasteiger partial charge >= 0.3 is 5.97 Å². The zero-order valence-electron chi connectivity index (χ0n) is 17.4. The van der Waals surface area contributed by atoms with Crippen molar-refractivity contribution in [3.63, 3.8) is 0 Å². The van der Waals surface area contributed by atoms with Crippen molar-refractivity contribution in [1.82, 2.24) is 14.8 Å². The molecule has 1 aliphatic rings. The molecule has 8 heteroatoms. The van der Waals surface area contributed by atoms with Crippen LogP contribution in [0.1, 0.15) is 12.5 Å². The standard InChI is InChI=1S/C23H25N3O4S/c1-17(29-21(27)16-31-23-24-19-9-5-6-10-20(19)30-23)22(28)26-13-11-25(12-14-26)15-18-7-3-2-4-8-18/h2-10,17H,11-16H2,1H3. The minimum Gasteiger partial charge on any atom is -0.452 e. The molecular formula is C23H25N3O4S. The third-order valence-electron chi connectivity index (χ3n) is 5.18. The Morgan fingerprint density at radius 1 is 1.06 bits per heavy atom. The number of ether oxygens (including phenoxy) is 1. The molecule has 0 N–H and O–H groups in total. The predicted octanol–water partition coefficient (Wildman–Crippen LogP) is 3.20. The first-order valence-corrected chi connectivity index (χ1v) is 11.3. The van der Waals surface area contributed by atoms with Gasteiger partial charge in [-0.3, -0.25) is 14.5 Å². The number of amides is 1. The number of rotatable bonds is 7. The number of nitrogens with zero attached hydrogens (tertiary/aromatic N) is 3. The zero-order valence-corrected chi connectivity index (χ0v) is 18.2. The quantitative estimate of drug-likeness (QED) is 0.413. The molecule has 3 aromatic rings. The van der Waals surface area contributed by atoms with Crippen LogP contribution in [0.4, 0.5) is 0 Å². The Balaban J connectivity index is 1.20. The number of hydrogen-bond acceptors (Lipinski definition) is 7. The van der Waals surface area contributed by atoms with Crippen molar-refractivity contribution >= 4 is 34.7 Å². The summed E-state index contributed by atoms with van der Waals surface area (Å²) in [6.45, 7) is 5.36. The fourth-order valence-corrected chi connectivity index (χ4v) is 4.16. The Kier molecular flexibility index (Phi) is 6.89. The lowest BCUT2D eigenvalue weighted by atomic mass is 10.2. The van der Waals surface area contributed by atoms with Crippen LogP contribution in [0.5, 0.6) is 0 Å². The third-order valence-corrected chi connectivity index (χ3v) is 5.98. The molecule has 1 unspecified atom stereocenters. The Morgan fingerprint density at radius 2 is 1.77 bits per heavy atom. The maximum Gasteiger partial charge on any atom is 0.317 e. The molecule has 0 radical (unpaired) electrons. The summed E-state index contributed by atoms with van der Waals surface area (Å²) in [5.74, 6) is -0.578. The first kappa shape index (κ1) is 21.4. The van der Waals surface area contributed by atoms with Gasteiger partial charge in [-0.1, -0.05) is 54.2 Å². The summed E-state index contributed by atoms with van der Waals surface area (Å²) in [6, 6.07) is 17.7. The average Bonchev–Trinajstić information content (AvgIpc) is 3.21. The maximum atomic E-state index is 12.7. The van der Waals surface area contributed by atoms with Crippen molar-refractivity contribution in [2.24, 2.45) is 0 Å². The molecule has 7 nitrogen and oxygen atoms in total. The second-order valence-corrected chi connectivity index (χ2v) is 8.38. The van der Waals surface area contributed by atoms with Crippen LogP contribution >= 0.6 is 11.8 Å². The summed E-state index contributed by atoms with van der Waals surface area (Å²) in [6.07, 6.45) is -0.808. The molecule has 0 aliphatic carbocycles. The molecule has 4 rings (SSSR count). The summed E-state index contributed by atoms with van der Waals surface area (Å²) in [7, 11) is 0. The van der Waals surface area contributed by atoms with Crippen LogP contribution in [-0.2, 0) is 20.9 Å². The molecule has 2 aromatic carbocycles. The topological polar surface area (TPSA) is 75.9 Å². The van der Waals surface area contributed by atoms with Gasteiger partial charge in [0.15, 0.2) is 11.7 Å². The van der Waals surface area contributed by atoms with Crippen molar-refractivity contribution < 1.29 is 18.7 Å². The molecular weight excluding hydrogens is 414 g/mol. The highest BCUT2D eigenvalue weighted by atomic mass is 32.2. The van der Waals surface area contributed by atoms with E-state index in [4.69, 9.17) is 9.15 Å². The van der Waals surface area contributed by atoms with E-state index in [1.165, 1.54) is 5.56 Å². The molecule has 1 fully saturated rings. The molecule has 0 spiro atoms. The number of hydrogen-bond donors (Lipinski definition) is 0. The van der Waals surface area contributed by atoms with Crippen molar-refractivity contribution in [1.29, 1.82) is 0 Å². The molecule has 31 heavy (non-hydrogen) atoms. The number of carbonyl (C=O) groups is 2. The maximum absolute atomic E-state index is 12.7. The number of carbonyl (C=O) groups excluding carboxylic acids is 2. The van der Waals surface area contributed by atoms with E-state index < -0.39 is 12.1 Å². The Bertz CT molecular complexity index is 998. The molecule has 1 atom stereocenters. The van der Waals surface area contributed by atoms with Crippen LogP contribution in [0.3, 0.4) is 0 Å². The van der Waals surface area contributed by atoms with Gasteiger partial charge in [-0.05, 0) is 24.6 Å². The Hall–Kier alpha value is -2.84. The molecule has 1 saturated heterocycles. The van der Waals surface area contributed by atoms with E-state index in [9.17, 15) is 9.59 Å². The van der Waals surface area contributed by atoms with Crippen LogP contribution in [0.25, 0.3) is 11.1 Å². The van der Waals surface area contributed by atoms with E-state index in [-0.39, 0.29) is 11.7 Å². The fraction of sp³-hybridized carbons (Fsp3) is 0.348. The monoisotopic (exact) mass is 439 g/mol. The van der Waals surface area contributed by atoms with Gasteiger partial charge in [-0.25, -0.2) is 4.98 Å². The average molecular weight is 440 g/mol. The number of para-hydroxylation sites is 2. The van der Waals surface area contributed by atoms with Crippen molar-refractivity contribution in [2.75, 3.05) is 31.9 Å². The zero-order chi connectivity index (χ0) is 21.6. The summed E-state index contributed by atoms with van der Waals surface area (Å²) >= 11 is 1.16. The lowest BCUT2D eigenvalue weighted by Crippen LogP contribution is -2.51. The molecule has 1 aromatic heterocycles. The number of thioether (sulfide) groups is 1. The molecule has 162 valence electrons. The highest BCUT2D eigenvalue weighted by molar-refractivity contribution is 7.99. The predicted molar refractivity (Wildman–Crippen MR) is 119 cm³/mol. The number of benzene rings is 2. The summed E-state index contributed by atoms with van der Waals surface area (Å²) in [5.41, 5.74) is 2.68. The number of aromatic nitrogens is 1. The number of piperazine rings is 1. The minimum absolute atomic E-state index is 0.0370.